The van der Waals surface area contributed by atoms with Crippen molar-refractivity contribution in [2.24, 2.45) is 4.99 Å². The monoisotopic (exact) mass is 460 g/mol. The lowest BCUT2D eigenvalue weighted by atomic mass is 10.2. The summed E-state index contributed by atoms with van der Waals surface area (Å²) < 4.78 is 5.21. The van der Waals surface area contributed by atoms with Crippen LogP contribution in [0.15, 0.2) is 23.2 Å². The summed E-state index contributed by atoms with van der Waals surface area (Å²) >= 11 is 0. The highest BCUT2D eigenvalue weighted by molar-refractivity contribution is 14.0. The van der Waals surface area contributed by atoms with Gasteiger partial charge in [0.15, 0.2) is 5.96 Å². The number of nitrogens with one attached hydrogen (secondary N) is 2. The second-order valence-electron chi connectivity index (χ2n) is 6.77. The van der Waals surface area contributed by atoms with E-state index in [0.29, 0.717) is 18.6 Å². The fourth-order valence-corrected chi connectivity index (χ4v) is 3.47. The SMILES string of the molecule is CN=C(NCc1cc(OC)ccc1O)NC1CC(C)N(C2CC2)C1.I. The number of aliphatic imine (C=N–C) groups is 1. The van der Waals surface area contributed by atoms with Crippen molar-refractivity contribution < 1.29 is 9.84 Å². The van der Waals surface area contributed by atoms with E-state index in [-0.39, 0.29) is 29.7 Å². The molecule has 3 rings (SSSR count). The number of guanidine groups is 1. The molecule has 0 aromatic heterocycles. The molecule has 0 amide bonds. The Morgan fingerprint density at radius 3 is 2.80 bits per heavy atom. The molecule has 1 saturated carbocycles. The third kappa shape index (κ3) is 5.13. The van der Waals surface area contributed by atoms with Crippen molar-refractivity contribution in [1.29, 1.82) is 0 Å². The maximum absolute atomic E-state index is 9.98. The Bertz CT molecular complexity index is 607. The highest BCUT2D eigenvalue weighted by Crippen LogP contribution is 2.33. The number of phenols is 1. The molecule has 2 aliphatic rings. The summed E-state index contributed by atoms with van der Waals surface area (Å²) in [5.41, 5.74) is 0.789. The van der Waals surface area contributed by atoms with Crippen molar-refractivity contribution in [3.8, 4) is 11.5 Å². The minimum atomic E-state index is 0. The van der Waals surface area contributed by atoms with Crippen molar-refractivity contribution in [2.75, 3.05) is 20.7 Å². The number of nitrogens with zero attached hydrogens (tertiary/aromatic N) is 2. The molecule has 0 bridgehead atoms. The van der Waals surface area contributed by atoms with Crippen LogP contribution in [0, 0.1) is 0 Å². The first-order valence-corrected chi connectivity index (χ1v) is 8.69. The molecular weight excluding hydrogens is 431 g/mol. The Balaban J connectivity index is 0.00000225. The van der Waals surface area contributed by atoms with Crippen LogP contribution in [0.4, 0.5) is 0 Å². The van der Waals surface area contributed by atoms with Crippen LogP contribution >= 0.6 is 24.0 Å². The summed E-state index contributed by atoms with van der Waals surface area (Å²) in [4.78, 5) is 6.92. The summed E-state index contributed by atoms with van der Waals surface area (Å²) in [7, 11) is 3.40. The van der Waals surface area contributed by atoms with Gasteiger partial charge in [0.25, 0.3) is 0 Å². The molecule has 140 valence electrons. The number of methoxy groups -OCH3 is 1. The summed E-state index contributed by atoms with van der Waals surface area (Å²) in [6, 6.07) is 7.09. The molecule has 2 unspecified atom stereocenters. The molecule has 7 heteroatoms. The van der Waals surface area contributed by atoms with E-state index in [1.54, 1.807) is 26.3 Å². The van der Waals surface area contributed by atoms with Gasteiger partial charge in [0.05, 0.1) is 7.11 Å². The lowest BCUT2D eigenvalue weighted by Crippen LogP contribution is -2.44. The van der Waals surface area contributed by atoms with E-state index in [1.807, 2.05) is 6.07 Å². The zero-order valence-electron chi connectivity index (χ0n) is 15.2. The minimum Gasteiger partial charge on any atom is -0.508 e. The van der Waals surface area contributed by atoms with E-state index in [2.05, 4.69) is 27.4 Å². The van der Waals surface area contributed by atoms with Crippen molar-refractivity contribution in [1.82, 2.24) is 15.5 Å². The lowest BCUT2D eigenvalue weighted by molar-refractivity contribution is 0.256. The largest absolute Gasteiger partial charge is 0.508 e. The van der Waals surface area contributed by atoms with Gasteiger partial charge in [-0.25, -0.2) is 0 Å². The zero-order chi connectivity index (χ0) is 17.1. The normalized spacial score (nSPS) is 23.9. The van der Waals surface area contributed by atoms with Crippen LogP contribution < -0.4 is 15.4 Å². The van der Waals surface area contributed by atoms with E-state index in [0.717, 1.165) is 36.3 Å². The topological polar surface area (TPSA) is 69.1 Å². The molecule has 6 nitrogen and oxygen atoms in total. The fraction of sp³-hybridized carbons (Fsp3) is 0.611. The number of halogens is 1. The first kappa shape index (κ1) is 20.1. The molecule has 25 heavy (non-hydrogen) atoms. The summed E-state index contributed by atoms with van der Waals surface area (Å²) in [5, 5.41) is 16.8. The standard InChI is InChI=1S/C18H28N4O2.HI/c1-12-8-14(11-22(12)15-4-5-15)21-18(19-2)20-10-13-9-16(24-3)6-7-17(13)23;/h6-7,9,12,14-15,23H,4-5,8,10-11H2,1-3H3,(H2,19,20,21);1H. The predicted molar refractivity (Wildman–Crippen MR) is 111 cm³/mol. The highest BCUT2D eigenvalue weighted by atomic mass is 127. The van der Waals surface area contributed by atoms with Gasteiger partial charge >= 0.3 is 0 Å². The molecule has 1 aromatic carbocycles. The number of likely N-dealkylation sites (tertiary alicyclic amines) is 1. The van der Waals surface area contributed by atoms with Crippen molar-refractivity contribution in [2.45, 2.75) is 50.9 Å². The van der Waals surface area contributed by atoms with Crippen molar-refractivity contribution in [3.05, 3.63) is 23.8 Å². The molecular formula is C18H29IN4O2. The van der Waals surface area contributed by atoms with E-state index in [1.165, 1.54) is 12.8 Å². The van der Waals surface area contributed by atoms with Crippen LogP contribution in [-0.2, 0) is 6.54 Å². The Morgan fingerprint density at radius 1 is 1.40 bits per heavy atom. The predicted octanol–water partition coefficient (Wildman–Crippen LogP) is 2.31. The van der Waals surface area contributed by atoms with Crippen LogP contribution in [0.25, 0.3) is 0 Å². The zero-order valence-corrected chi connectivity index (χ0v) is 17.5. The number of benzene rings is 1. The molecule has 2 fully saturated rings. The van der Waals surface area contributed by atoms with Crippen LogP contribution in [0.3, 0.4) is 0 Å². The second kappa shape index (κ2) is 8.93. The Hall–Kier alpha value is -1.22. The van der Waals surface area contributed by atoms with Gasteiger partial charge in [-0.3, -0.25) is 9.89 Å². The Kier molecular flexibility index (Phi) is 7.18. The third-order valence-corrected chi connectivity index (χ3v) is 4.94. The number of phenolic OH excluding ortho intramolecular Hbond substituents is 1. The molecule has 2 atom stereocenters. The smallest absolute Gasteiger partial charge is 0.191 e. The minimum absolute atomic E-state index is 0. The summed E-state index contributed by atoms with van der Waals surface area (Å²) in [6.07, 6.45) is 3.83. The molecule has 1 aliphatic carbocycles. The quantitative estimate of drug-likeness (QED) is 0.358. The Morgan fingerprint density at radius 2 is 2.16 bits per heavy atom. The average Bonchev–Trinajstić information content (AvgIpc) is 3.36. The lowest BCUT2D eigenvalue weighted by Gasteiger charge is -2.20. The van der Waals surface area contributed by atoms with Crippen LogP contribution in [0.2, 0.25) is 0 Å². The fourth-order valence-electron chi connectivity index (χ4n) is 3.47. The van der Waals surface area contributed by atoms with Gasteiger partial charge in [-0.2, -0.15) is 0 Å². The Labute approximate surface area is 167 Å². The first-order chi connectivity index (χ1) is 11.6. The van der Waals surface area contributed by atoms with Gasteiger partial charge in [0.1, 0.15) is 11.5 Å². The molecule has 1 heterocycles. The molecule has 1 aliphatic heterocycles. The number of ether oxygens (including phenoxy) is 1. The van der Waals surface area contributed by atoms with E-state index < -0.39 is 0 Å². The molecule has 3 N–H and O–H groups in total. The number of hydrogen-bond donors (Lipinski definition) is 3. The number of hydrogen-bond acceptors (Lipinski definition) is 4. The van der Waals surface area contributed by atoms with Gasteiger partial charge < -0.3 is 20.5 Å². The highest BCUT2D eigenvalue weighted by Gasteiger charge is 2.38. The van der Waals surface area contributed by atoms with Gasteiger partial charge in [0, 0.05) is 43.8 Å². The molecule has 0 radical (unpaired) electrons. The van der Waals surface area contributed by atoms with Crippen molar-refractivity contribution >= 4 is 29.9 Å². The summed E-state index contributed by atoms with van der Waals surface area (Å²) in [6.45, 7) is 3.89. The number of aromatic hydroxyl groups is 1. The molecule has 1 saturated heterocycles. The van der Waals surface area contributed by atoms with Gasteiger partial charge in [-0.1, -0.05) is 0 Å². The maximum Gasteiger partial charge on any atom is 0.191 e. The van der Waals surface area contributed by atoms with Crippen molar-refractivity contribution in [3.63, 3.8) is 0 Å². The van der Waals surface area contributed by atoms with E-state index in [9.17, 15) is 5.11 Å². The average molecular weight is 460 g/mol. The van der Waals surface area contributed by atoms with Crippen LogP contribution in [0.5, 0.6) is 11.5 Å². The number of rotatable bonds is 5. The first-order valence-electron chi connectivity index (χ1n) is 8.69. The van der Waals surface area contributed by atoms with Gasteiger partial charge in [-0.15, -0.1) is 24.0 Å². The van der Waals surface area contributed by atoms with E-state index >= 15 is 0 Å². The van der Waals surface area contributed by atoms with Crippen LogP contribution in [-0.4, -0.2) is 54.8 Å². The molecule has 1 aromatic rings. The second-order valence-corrected chi connectivity index (χ2v) is 6.77. The van der Waals surface area contributed by atoms with E-state index in [4.69, 9.17) is 4.74 Å². The van der Waals surface area contributed by atoms with Gasteiger partial charge in [0.2, 0.25) is 0 Å². The maximum atomic E-state index is 9.98. The molecule has 0 spiro atoms. The third-order valence-electron chi connectivity index (χ3n) is 4.94. The van der Waals surface area contributed by atoms with Gasteiger partial charge in [-0.05, 0) is 44.4 Å². The summed E-state index contributed by atoms with van der Waals surface area (Å²) in [5.74, 6) is 1.76. The van der Waals surface area contributed by atoms with Crippen LogP contribution in [0.1, 0.15) is 31.7 Å².